The molecule has 7 nitrogen and oxygen atoms in total. The van der Waals surface area contributed by atoms with Crippen LogP contribution in [-0.2, 0) is 9.53 Å². The summed E-state index contributed by atoms with van der Waals surface area (Å²) in [5, 5.41) is 7.65. The number of nitrogens with zero attached hydrogens (tertiary/aromatic N) is 1. The number of amides is 1. The Kier molecular flexibility index (Phi) is 7.43. The van der Waals surface area contributed by atoms with E-state index < -0.39 is 18.0 Å². The van der Waals surface area contributed by atoms with Gasteiger partial charge in [-0.2, -0.15) is 0 Å². The van der Waals surface area contributed by atoms with Crippen molar-refractivity contribution in [2.45, 2.75) is 20.0 Å². The Hall–Kier alpha value is -2.74. The van der Waals surface area contributed by atoms with Gasteiger partial charge in [-0.05, 0) is 44.2 Å². The lowest BCUT2D eigenvalue weighted by Gasteiger charge is -2.15. The third-order valence-electron chi connectivity index (χ3n) is 4.09. The summed E-state index contributed by atoms with van der Waals surface area (Å²) in [6.07, 6.45) is -0.974. The van der Waals surface area contributed by atoms with Crippen molar-refractivity contribution in [1.29, 1.82) is 0 Å². The summed E-state index contributed by atoms with van der Waals surface area (Å²) in [4.78, 5) is 25.2. The Morgan fingerprint density at radius 2 is 1.77 bits per heavy atom. The fourth-order valence-electron chi connectivity index (χ4n) is 2.60. The first-order valence-corrected chi connectivity index (χ1v) is 10.3. The van der Waals surface area contributed by atoms with Gasteiger partial charge in [-0.15, -0.1) is 0 Å². The zero-order chi connectivity index (χ0) is 22.5. The van der Waals surface area contributed by atoms with Gasteiger partial charge in [0.05, 0.1) is 11.6 Å². The van der Waals surface area contributed by atoms with Crippen molar-refractivity contribution in [3.8, 4) is 17.0 Å². The molecule has 1 atom stereocenters. The van der Waals surface area contributed by atoms with Crippen LogP contribution >= 0.6 is 34.8 Å². The molecular formula is C21H17Cl3N2O5. The third kappa shape index (κ3) is 5.50. The second kappa shape index (κ2) is 10.0. The number of benzene rings is 2. The Morgan fingerprint density at radius 3 is 2.42 bits per heavy atom. The quantitative estimate of drug-likeness (QED) is 0.422. The Labute approximate surface area is 193 Å². The summed E-state index contributed by atoms with van der Waals surface area (Å²) in [5.74, 6) is -1.17. The van der Waals surface area contributed by atoms with E-state index in [0.717, 1.165) is 0 Å². The summed E-state index contributed by atoms with van der Waals surface area (Å²) in [6, 6.07) is 11.3. The van der Waals surface area contributed by atoms with E-state index in [1.165, 1.54) is 13.0 Å². The highest BCUT2D eigenvalue weighted by Crippen LogP contribution is 2.31. The molecule has 2 aromatic carbocycles. The fraction of sp³-hybridized carbons (Fsp3) is 0.190. The average molecular weight is 484 g/mol. The molecule has 0 aliphatic carbocycles. The maximum atomic E-state index is 12.7. The molecule has 162 valence electrons. The number of esters is 1. The lowest BCUT2D eigenvalue weighted by molar-refractivity contribution is -0.122. The minimum absolute atomic E-state index is 0.0192. The highest BCUT2D eigenvalue weighted by Gasteiger charge is 2.28. The van der Waals surface area contributed by atoms with Crippen LogP contribution in [0.4, 0.5) is 5.88 Å². The average Bonchev–Trinajstić information content (AvgIpc) is 3.14. The predicted molar refractivity (Wildman–Crippen MR) is 118 cm³/mol. The number of halogens is 3. The second-order valence-corrected chi connectivity index (χ2v) is 7.57. The van der Waals surface area contributed by atoms with Crippen LogP contribution in [0.3, 0.4) is 0 Å². The molecule has 0 spiro atoms. The minimum Gasteiger partial charge on any atom is -0.479 e. The molecule has 1 aromatic heterocycles. The number of ether oxygens (including phenoxy) is 2. The highest BCUT2D eigenvalue weighted by molar-refractivity contribution is 6.35. The summed E-state index contributed by atoms with van der Waals surface area (Å²) in [7, 11) is 0. The standard InChI is InChI=1S/C21H17Cl3N2O5/c1-3-29-21(28)17-18(12-4-6-13(22)7-5-12)26-31-20(17)25-19(27)11(2)30-16-9-8-14(23)10-15(16)24/h4-11H,3H2,1-2H3,(H,25,27). The first-order chi connectivity index (χ1) is 14.8. The van der Waals surface area contributed by atoms with E-state index in [1.807, 2.05) is 0 Å². The van der Waals surface area contributed by atoms with E-state index in [0.29, 0.717) is 15.6 Å². The van der Waals surface area contributed by atoms with Gasteiger partial charge in [-0.25, -0.2) is 4.79 Å². The molecule has 0 aliphatic rings. The molecule has 0 saturated carbocycles. The summed E-state index contributed by atoms with van der Waals surface area (Å²) >= 11 is 17.9. The molecule has 0 radical (unpaired) electrons. The smallest absolute Gasteiger partial charge is 0.346 e. The Bertz CT molecular complexity index is 1100. The molecule has 0 aliphatic heterocycles. The van der Waals surface area contributed by atoms with Gasteiger partial charge in [0.2, 0.25) is 5.88 Å². The largest absolute Gasteiger partial charge is 0.479 e. The van der Waals surface area contributed by atoms with Gasteiger partial charge in [-0.1, -0.05) is 52.1 Å². The number of hydrogen-bond donors (Lipinski definition) is 1. The molecular weight excluding hydrogens is 467 g/mol. The van der Waals surface area contributed by atoms with E-state index in [4.69, 9.17) is 48.8 Å². The molecule has 1 amide bonds. The van der Waals surface area contributed by atoms with Crippen molar-refractivity contribution in [2.75, 3.05) is 11.9 Å². The maximum Gasteiger partial charge on any atom is 0.346 e. The number of hydrogen-bond acceptors (Lipinski definition) is 6. The Morgan fingerprint density at radius 1 is 1.10 bits per heavy atom. The van der Waals surface area contributed by atoms with Crippen LogP contribution in [0.1, 0.15) is 24.2 Å². The molecule has 0 saturated heterocycles. The Balaban J connectivity index is 1.85. The molecule has 0 fully saturated rings. The fourth-order valence-corrected chi connectivity index (χ4v) is 3.18. The predicted octanol–water partition coefficient (Wildman–Crippen LogP) is 5.88. The monoisotopic (exact) mass is 482 g/mol. The molecule has 3 rings (SSSR count). The summed E-state index contributed by atoms with van der Waals surface area (Å²) in [5.41, 5.74) is 0.753. The van der Waals surface area contributed by atoms with Crippen LogP contribution in [0.25, 0.3) is 11.3 Å². The van der Waals surface area contributed by atoms with Crippen LogP contribution in [0.15, 0.2) is 47.0 Å². The van der Waals surface area contributed by atoms with Crippen molar-refractivity contribution in [2.24, 2.45) is 0 Å². The van der Waals surface area contributed by atoms with Gasteiger partial charge >= 0.3 is 5.97 Å². The molecule has 1 N–H and O–H groups in total. The second-order valence-electron chi connectivity index (χ2n) is 6.29. The summed E-state index contributed by atoms with van der Waals surface area (Å²) < 4.78 is 15.9. The topological polar surface area (TPSA) is 90.7 Å². The molecule has 1 unspecified atom stereocenters. The number of aromatic nitrogens is 1. The number of anilines is 1. The number of rotatable bonds is 7. The summed E-state index contributed by atoms with van der Waals surface area (Å²) in [6.45, 7) is 3.31. The van der Waals surface area contributed by atoms with E-state index in [-0.39, 0.29) is 34.5 Å². The van der Waals surface area contributed by atoms with Gasteiger partial charge in [0.15, 0.2) is 11.7 Å². The van der Waals surface area contributed by atoms with Crippen LogP contribution in [-0.4, -0.2) is 29.7 Å². The van der Waals surface area contributed by atoms with Gasteiger partial charge < -0.3 is 14.0 Å². The molecule has 1 heterocycles. The van der Waals surface area contributed by atoms with E-state index in [9.17, 15) is 9.59 Å². The molecule has 3 aromatic rings. The van der Waals surface area contributed by atoms with Crippen LogP contribution in [0.5, 0.6) is 5.75 Å². The van der Waals surface area contributed by atoms with Crippen LogP contribution < -0.4 is 10.1 Å². The number of nitrogens with one attached hydrogen (secondary N) is 1. The lowest BCUT2D eigenvalue weighted by atomic mass is 10.1. The normalized spacial score (nSPS) is 11.6. The van der Waals surface area contributed by atoms with Crippen molar-refractivity contribution in [3.05, 3.63) is 63.1 Å². The zero-order valence-electron chi connectivity index (χ0n) is 16.4. The van der Waals surface area contributed by atoms with Crippen LogP contribution in [0.2, 0.25) is 15.1 Å². The van der Waals surface area contributed by atoms with Gasteiger partial charge in [0.1, 0.15) is 11.4 Å². The van der Waals surface area contributed by atoms with Crippen molar-refractivity contribution in [1.82, 2.24) is 5.16 Å². The highest BCUT2D eigenvalue weighted by atomic mass is 35.5. The van der Waals surface area contributed by atoms with Crippen molar-refractivity contribution < 1.29 is 23.6 Å². The van der Waals surface area contributed by atoms with Gasteiger partial charge in [0, 0.05) is 15.6 Å². The maximum absolute atomic E-state index is 12.7. The van der Waals surface area contributed by atoms with Crippen molar-refractivity contribution >= 4 is 52.6 Å². The van der Waals surface area contributed by atoms with Gasteiger partial charge in [0.25, 0.3) is 5.91 Å². The number of carbonyl (C=O) groups is 2. The first-order valence-electron chi connectivity index (χ1n) is 9.15. The third-order valence-corrected chi connectivity index (χ3v) is 4.88. The van der Waals surface area contributed by atoms with Crippen molar-refractivity contribution in [3.63, 3.8) is 0 Å². The molecule has 0 bridgehead atoms. The zero-order valence-corrected chi connectivity index (χ0v) is 18.7. The molecule has 10 heteroatoms. The van der Waals surface area contributed by atoms with E-state index in [1.54, 1.807) is 43.3 Å². The lowest BCUT2D eigenvalue weighted by Crippen LogP contribution is -2.30. The molecule has 31 heavy (non-hydrogen) atoms. The number of carbonyl (C=O) groups excluding carboxylic acids is 2. The SMILES string of the molecule is CCOC(=O)c1c(-c2ccc(Cl)cc2)noc1NC(=O)C(C)Oc1ccc(Cl)cc1Cl. The van der Waals surface area contributed by atoms with E-state index >= 15 is 0 Å². The minimum atomic E-state index is -0.974. The first kappa shape index (κ1) is 22.9. The van der Waals surface area contributed by atoms with Crippen LogP contribution in [0, 0.1) is 0 Å². The van der Waals surface area contributed by atoms with E-state index in [2.05, 4.69) is 10.5 Å². The van der Waals surface area contributed by atoms with Gasteiger partial charge in [-0.3, -0.25) is 10.1 Å².